The zero-order chi connectivity index (χ0) is 14.7. The highest BCUT2D eigenvalue weighted by molar-refractivity contribution is 5.51. The SMILES string of the molecule is CCc1ccccc1-n1nc(C#N)c(N2CCCCC2)n1. The first-order valence-corrected chi connectivity index (χ1v) is 7.54. The molecule has 108 valence electrons. The Kier molecular flexibility index (Phi) is 3.87. The summed E-state index contributed by atoms with van der Waals surface area (Å²) in [7, 11) is 0. The average molecular weight is 281 g/mol. The van der Waals surface area contributed by atoms with E-state index in [4.69, 9.17) is 0 Å². The second-order valence-electron chi connectivity index (χ2n) is 5.30. The predicted molar refractivity (Wildman–Crippen MR) is 81.5 cm³/mol. The van der Waals surface area contributed by atoms with Crippen LogP contribution in [0.4, 0.5) is 5.82 Å². The van der Waals surface area contributed by atoms with Gasteiger partial charge < -0.3 is 4.90 Å². The Hall–Kier alpha value is -2.35. The molecular weight excluding hydrogens is 262 g/mol. The van der Waals surface area contributed by atoms with Gasteiger partial charge in [-0.1, -0.05) is 25.1 Å². The standard InChI is InChI=1S/C16H19N5/c1-2-13-8-4-5-9-15(13)21-18-14(12-17)16(19-21)20-10-6-3-7-11-20/h4-5,8-9H,2-3,6-7,10-11H2,1H3. The molecule has 0 bridgehead atoms. The smallest absolute Gasteiger partial charge is 0.207 e. The van der Waals surface area contributed by atoms with Crippen LogP contribution >= 0.6 is 0 Å². The van der Waals surface area contributed by atoms with Crippen molar-refractivity contribution in [3.05, 3.63) is 35.5 Å². The molecule has 1 aliphatic rings. The van der Waals surface area contributed by atoms with E-state index in [1.165, 1.54) is 12.0 Å². The minimum atomic E-state index is 0.419. The Balaban J connectivity index is 2.01. The van der Waals surface area contributed by atoms with Crippen LogP contribution in [0.2, 0.25) is 0 Å². The number of piperidine rings is 1. The van der Waals surface area contributed by atoms with Gasteiger partial charge in [0.25, 0.3) is 0 Å². The van der Waals surface area contributed by atoms with Crippen LogP contribution in [0.25, 0.3) is 5.69 Å². The molecule has 2 heterocycles. The number of anilines is 1. The Morgan fingerprint density at radius 1 is 1.14 bits per heavy atom. The first kappa shape index (κ1) is 13.6. The molecule has 0 aliphatic carbocycles. The summed E-state index contributed by atoms with van der Waals surface area (Å²) in [5, 5.41) is 18.3. The van der Waals surface area contributed by atoms with Gasteiger partial charge in [0.2, 0.25) is 5.69 Å². The summed E-state index contributed by atoms with van der Waals surface area (Å²) in [5.41, 5.74) is 2.56. The molecule has 1 saturated heterocycles. The number of nitriles is 1. The lowest BCUT2D eigenvalue weighted by atomic mass is 10.1. The molecule has 0 spiro atoms. The van der Waals surface area contributed by atoms with Gasteiger partial charge in [0.15, 0.2) is 5.82 Å². The normalized spacial score (nSPS) is 15.0. The van der Waals surface area contributed by atoms with Gasteiger partial charge in [-0.05, 0) is 37.3 Å². The monoisotopic (exact) mass is 281 g/mol. The summed E-state index contributed by atoms with van der Waals surface area (Å²) in [6.45, 7) is 4.03. The molecule has 1 aromatic carbocycles. The maximum absolute atomic E-state index is 9.34. The van der Waals surface area contributed by atoms with Crippen molar-refractivity contribution in [2.75, 3.05) is 18.0 Å². The lowest BCUT2D eigenvalue weighted by molar-refractivity contribution is 0.570. The molecule has 2 aromatic rings. The number of rotatable bonds is 3. The fourth-order valence-electron chi connectivity index (χ4n) is 2.80. The zero-order valence-electron chi connectivity index (χ0n) is 12.3. The molecule has 0 N–H and O–H groups in total. The fraction of sp³-hybridized carbons (Fsp3) is 0.438. The van der Waals surface area contributed by atoms with Crippen LogP contribution in [0.1, 0.15) is 37.4 Å². The molecule has 0 amide bonds. The summed E-state index contributed by atoms with van der Waals surface area (Å²) in [6.07, 6.45) is 4.48. The Morgan fingerprint density at radius 3 is 2.62 bits per heavy atom. The van der Waals surface area contributed by atoms with E-state index in [1.54, 1.807) is 4.80 Å². The third kappa shape index (κ3) is 2.62. The molecule has 5 nitrogen and oxygen atoms in total. The summed E-state index contributed by atoms with van der Waals surface area (Å²) in [5.74, 6) is 0.725. The first-order valence-electron chi connectivity index (χ1n) is 7.54. The van der Waals surface area contributed by atoms with E-state index >= 15 is 0 Å². The van der Waals surface area contributed by atoms with E-state index in [0.29, 0.717) is 5.69 Å². The van der Waals surface area contributed by atoms with Gasteiger partial charge in [0, 0.05) is 13.1 Å². The van der Waals surface area contributed by atoms with Gasteiger partial charge in [0.05, 0.1) is 5.69 Å². The van der Waals surface area contributed by atoms with Gasteiger partial charge >= 0.3 is 0 Å². The van der Waals surface area contributed by atoms with Crippen LogP contribution in [0.5, 0.6) is 0 Å². The van der Waals surface area contributed by atoms with Gasteiger partial charge in [0.1, 0.15) is 6.07 Å². The molecule has 21 heavy (non-hydrogen) atoms. The number of aryl methyl sites for hydroxylation is 1. The number of nitrogens with zero attached hydrogens (tertiary/aromatic N) is 5. The third-order valence-electron chi connectivity index (χ3n) is 3.95. The Bertz CT molecular complexity index is 662. The molecular formula is C16H19N5. The number of para-hydroxylation sites is 1. The molecule has 1 aromatic heterocycles. The van der Waals surface area contributed by atoms with Crippen molar-refractivity contribution in [3.63, 3.8) is 0 Å². The average Bonchev–Trinajstić information content (AvgIpc) is 2.99. The van der Waals surface area contributed by atoms with Crippen LogP contribution in [-0.4, -0.2) is 28.1 Å². The van der Waals surface area contributed by atoms with E-state index in [0.717, 1.165) is 43.9 Å². The van der Waals surface area contributed by atoms with E-state index in [9.17, 15) is 5.26 Å². The summed E-state index contributed by atoms with van der Waals surface area (Å²) in [6, 6.07) is 10.3. The van der Waals surface area contributed by atoms with Crippen LogP contribution in [0.3, 0.4) is 0 Å². The van der Waals surface area contributed by atoms with Crippen molar-refractivity contribution in [1.82, 2.24) is 15.0 Å². The van der Waals surface area contributed by atoms with Gasteiger partial charge in [-0.25, -0.2) is 0 Å². The summed E-state index contributed by atoms with van der Waals surface area (Å²) < 4.78 is 0. The molecule has 0 atom stereocenters. The summed E-state index contributed by atoms with van der Waals surface area (Å²) in [4.78, 5) is 3.79. The zero-order valence-corrected chi connectivity index (χ0v) is 12.3. The second-order valence-corrected chi connectivity index (χ2v) is 5.30. The van der Waals surface area contributed by atoms with Crippen molar-refractivity contribution in [3.8, 4) is 11.8 Å². The third-order valence-corrected chi connectivity index (χ3v) is 3.95. The maximum Gasteiger partial charge on any atom is 0.207 e. The second kappa shape index (κ2) is 5.96. The van der Waals surface area contributed by atoms with Crippen molar-refractivity contribution < 1.29 is 0 Å². The largest absolute Gasteiger partial charge is 0.353 e. The maximum atomic E-state index is 9.34. The van der Waals surface area contributed by atoms with Crippen LogP contribution in [0.15, 0.2) is 24.3 Å². The molecule has 1 aliphatic heterocycles. The molecule has 5 heteroatoms. The lowest BCUT2D eigenvalue weighted by Gasteiger charge is -2.26. The highest BCUT2D eigenvalue weighted by Crippen LogP contribution is 2.22. The fourth-order valence-corrected chi connectivity index (χ4v) is 2.80. The number of aromatic nitrogens is 3. The molecule has 3 rings (SSSR count). The van der Waals surface area contributed by atoms with E-state index < -0.39 is 0 Å². The van der Waals surface area contributed by atoms with Crippen molar-refractivity contribution >= 4 is 5.82 Å². The van der Waals surface area contributed by atoms with Crippen LogP contribution in [0, 0.1) is 11.3 Å². The van der Waals surface area contributed by atoms with Crippen molar-refractivity contribution in [2.24, 2.45) is 0 Å². The van der Waals surface area contributed by atoms with E-state index in [1.807, 2.05) is 18.2 Å². The topological polar surface area (TPSA) is 57.7 Å². The highest BCUT2D eigenvalue weighted by Gasteiger charge is 2.20. The molecule has 0 saturated carbocycles. The van der Waals surface area contributed by atoms with Crippen molar-refractivity contribution in [1.29, 1.82) is 5.26 Å². The predicted octanol–water partition coefficient (Wildman–Crippen LogP) is 2.69. The molecule has 1 fully saturated rings. The van der Waals surface area contributed by atoms with Crippen LogP contribution in [-0.2, 0) is 6.42 Å². The quantitative estimate of drug-likeness (QED) is 0.868. The summed E-state index contributed by atoms with van der Waals surface area (Å²) >= 11 is 0. The van der Waals surface area contributed by atoms with Crippen LogP contribution < -0.4 is 4.90 Å². The number of hydrogen-bond donors (Lipinski definition) is 0. The van der Waals surface area contributed by atoms with Crippen molar-refractivity contribution in [2.45, 2.75) is 32.6 Å². The molecule has 0 radical (unpaired) electrons. The Labute approximate surface area is 124 Å². The Morgan fingerprint density at radius 2 is 1.90 bits per heavy atom. The highest BCUT2D eigenvalue weighted by atomic mass is 15.5. The van der Waals surface area contributed by atoms with E-state index in [-0.39, 0.29) is 0 Å². The minimum absolute atomic E-state index is 0.419. The van der Waals surface area contributed by atoms with Gasteiger partial charge in [-0.3, -0.25) is 0 Å². The molecule has 0 unspecified atom stereocenters. The van der Waals surface area contributed by atoms with E-state index in [2.05, 4.69) is 34.2 Å². The lowest BCUT2D eigenvalue weighted by Crippen LogP contribution is -2.30. The van der Waals surface area contributed by atoms with Gasteiger partial charge in [-0.2, -0.15) is 5.26 Å². The minimum Gasteiger partial charge on any atom is -0.353 e. The number of hydrogen-bond acceptors (Lipinski definition) is 4. The number of benzene rings is 1. The van der Waals surface area contributed by atoms with Gasteiger partial charge in [-0.15, -0.1) is 15.0 Å². The first-order chi connectivity index (χ1) is 10.3.